The Kier molecular flexibility index (Phi) is 3.29. The van der Waals surface area contributed by atoms with E-state index in [0.717, 1.165) is 32.0 Å². The number of carbonyl (C=O) groups is 1. The molecule has 2 heterocycles. The SMILES string of the molecule is CC1CCN(C(=O)C2CCNC2C)CC1. The van der Waals surface area contributed by atoms with E-state index in [2.05, 4.69) is 24.1 Å². The van der Waals surface area contributed by atoms with E-state index in [9.17, 15) is 4.79 Å². The number of carbonyl (C=O) groups excluding carboxylic acids is 1. The summed E-state index contributed by atoms with van der Waals surface area (Å²) in [6.45, 7) is 7.36. The average molecular weight is 210 g/mol. The third-order valence-electron chi connectivity index (χ3n) is 3.94. The first-order valence-electron chi connectivity index (χ1n) is 6.20. The van der Waals surface area contributed by atoms with E-state index in [1.165, 1.54) is 12.8 Å². The van der Waals surface area contributed by atoms with Gasteiger partial charge in [0.25, 0.3) is 0 Å². The molecule has 3 heteroatoms. The lowest BCUT2D eigenvalue weighted by molar-refractivity contribution is -0.137. The second kappa shape index (κ2) is 4.52. The number of rotatable bonds is 1. The zero-order valence-electron chi connectivity index (χ0n) is 9.83. The fourth-order valence-electron chi connectivity index (χ4n) is 2.66. The molecule has 2 saturated heterocycles. The summed E-state index contributed by atoms with van der Waals surface area (Å²) in [5, 5.41) is 3.35. The van der Waals surface area contributed by atoms with Gasteiger partial charge in [0.2, 0.25) is 5.91 Å². The summed E-state index contributed by atoms with van der Waals surface area (Å²) in [5.41, 5.74) is 0. The number of amides is 1. The zero-order valence-corrected chi connectivity index (χ0v) is 9.83. The number of hydrogen-bond acceptors (Lipinski definition) is 2. The Morgan fingerprint density at radius 2 is 1.87 bits per heavy atom. The zero-order chi connectivity index (χ0) is 10.8. The van der Waals surface area contributed by atoms with Crippen molar-refractivity contribution >= 4 is 5.91 Å². The summed E-state index contributed by atoms with van der Waals surface area (Å²) in [4.78, 5) is 14.3. The number of hydrogen-bond donors (Lipinski definition) is 1. The van der Waals surface area contributed by atoms with Gasteiger partial charge in [-0.1, -0.05) is 6.92 Å². The quantitative estimate of drug-likeness (QED) is 0.706. The second-order valence-corrected chi connectivity index (χ2v) is 5.15. The Morgan fingerprint density at radius 1 is 1.20 bits per heavy atom. The van der Waals surface area contributed by atoms with Gasteiger partial charge in [0.1, 0.15) is 0 Å². The molecule has 0 spiro atoms. The van der Waals surface area contributed by atoms with Crippen LogP contribution in [0.2, 0.25) is 0 Å². The molecule has 2 atom stereocenters. The van der Waals surface area contributed by atoms with E-state index in [-0.39, 0.29) is 5.92 Å². The molecule has 2 unspecified atom stereocenters. The minimum absolute atomic E-state index is 0.235. The summed E-state index contributed by atoms with van der Waals surface area (Å²) in [6.07, 6.45) is 3.38. The molecule has 2 aliphatic heterocycles. The van der Waals surface area contributed by atoms with Gasteiger partial charge in [-0.15, -0.1) is 0 Å². The number of likely N-dealkylation sites (tertiary alicyclic amines) is 1. The highest BCUT2D eigenvalue weighted by atomic mass is 16.2. The van der Waals surface area contributed by atoms with Crippen LogP contribution in [0.1, 0.15) is 33.1 Å². The first-order valence-corrected chi connectivity index (χ1v) is 6.20. The summed E-state index contributed by atoms with van der Waals surface area (Å²) in [7, 11) is 0. The van der Waals surface area contributed by atoms with Crippen LogP contribution in [0.5, 0.6) is 0 Å². The molecule has 0 aromatic carbocycles. The molecule has 2 rings (SSSR count). The minimum Gasteiger partial charge on any atom is -0.342 e. The van der Waals surface area contributed by atoms with Crippen LogP contribution in [0.4, 0.5) is 0 Å². The van der Waals surface area contributed by atoms with E-state index >= 15 is 0 Å². The topological polar surface area (TPSA) is 32.3 Å². The van der Waals surface area contributed by atoms with Gasteiger partial charge in [-0.2, -0.15) is 0 Å². The molecule has 2 fully saturated rings. The van der Waals surface area contributed by atoms with Gasteiger partial charge in [-0.3, -0.25) is 4.79 Å². The summed E-state index contributed by atoms with van der Waals surface area (Å²) < 4.78 is 0. The van der Waals surface area contributed by atoms with Gasteiger partial charge in [0.15, 0.2) is 0 Å². The largest absolute Gasteiger partial charge is 0.342 e. The summed E-state index contributed by atoms with van der Waals surface area (Å²) in [5.74, 6) is 1.42. The van der Waals surface area contributed by atoms with Crippen molar-refractivity contribution in [1.82, 2.24) is 10.2 Å². The minimum atomic E-state index is 0.235. The van der Waals surface area contributed by atoms with Gasteiger partial charge < -0.3 is 10.2 Å². The van der Waals surface area contributed by atoms with E-state index in [1.54, 1.807) is 0 Å². The van der Waals surface area contributed by atoms with Crippen molar-refractivity contribution in [3.8, 4) is 0 Å². The molecule has 15 heavy (non-hydrogen) atoms. The monoisotopic (exact) mass is 210 g/mol. The Bertz CT molecular complexity index is 234. The molecule has 86 valence electrons. The van der Waals surface area contributed by atoms with Crippen LogP contribution in [-0.2, 0) is 4.79 Å². The van der Waals surface area contributed by atoms with E-state index in [0.29, 0.717) is 11.9 Å². The normalized spacial score (nSPS) is 33.3. The molecule has 1 amide bonds. The van der Waals surface area contributed by atoms with Gasteiger partial charge in [0, 0.05) is 19.1 Å². The highest BCUT2D eigenvalue weighted by Gasteiger charge is 2.33. The Balaban J connectivity index is 1.90. The van der Waals surface area contributed by atoms with Crippen LogP contribution in [-0.4, -0.2) is 36.5 Å². The van der Waals surface area contributed by atoms with Crippen molar-refractivity contribution in [2.45, 2.75) is 39.2 Å². The maximum atomic E-state index is 12.2. The van der Waals surface area contributed by atoms with E-state index < -0.39 is 0 Å². The highest BCUT2D eigenvalue weighted by Crippen LogP contribution is 2.22. The van der Waals surface area contributed by atoms with Crippen molar-refractivity contribution in [3.05, 3.63) is 0 Å². The van der Waals surface area contributed by atoms with Gasteiger partial charge in [-0.05, 0) is 38.6 Å². The fraction of sp³-hybridized carbons (Fsp3) is 0.917. The third-order valence-corrected chi connectivity index (χ3v) is 3.94. The predicted octanol–water partition coefficient (Wildman–Crippen LogP) is 1.24. The third kappa shape index (κ3) is 2.33. The predicted molar refractivity (Wildman–Crippen MR) is 60.5 cm³/mol. The summed E-state index contributed by atoms with van der Waals surface area (Å²) >= 11 is 0. The van der Waals surface area contributed by atoms with Crippen LogP contribution in [0.15, 0.2) is 0 Å². The van der Waals surface area contributed by atoms with Crippen LogP contribution < -0.4 is 5.32 Å². The second-order valence-electron chi connectivity index (χ2n) is 5.15. The highest BCUT2D eigenvalue weighted by molar-refractivity contribution is 5.80. The molecule has 0 radical (unpaired) electrons. The molecule has 0 aliphatic carbocycles. The first-order chi connectivity index (χ1) is 7.18. The number of nitrogens with one attached hydrogen (secondary N) is 1. The van der Waals surface area contributed by atoms with E-state index in [1.807, 2.05) is 0 Å². The van der Waals surface area contributed by atoms with Gasteiger partial charge in [-0.25, -0.2) is 0 Å². The molecule has 0 aromatic rings. The Hall–Kier alpha value is -0.570. The van der Waals surface area contributed by atoms with Crippen molar-refractivity contribution < 1.29 is 4.79 Å². The lowest BCUT2D eigenvalue weighted by Gasteiger charge is -2.33. The van der Waals surface area contributed by atoms with E-state index in [4.69, 9.17) is 0 Å². The molecular formula is C12H22N2O. The van der Waals surface area contributed by atoms with Crippen molar-refractivity contribution in [2.75, 3.05) is 19.6 Å². The van der Waals surface area contributed by atoms with Crippen LogP contribution in [0.3, 0.4) is 0 Å². The van der Waals surface area contributed by atoms with Crippen LogP contribution in [0, 0.1) is 11.8 Å². The Morgan fingerprint density at radius 3 is 2.40 bits per heavy atom. The Labute approximate surface area is 92.2 Å². The maximum absolute atomic E-state index is 12.2. The smallest absolute Gasteiger partial charge is 0.227 e. The molecule has 3 nitrogen and oxygen atoms in total. The fourth-order valence-corrected chi connectivity index (χ4v) is 2.66. The molecule has 0 aromatic heterocycles. The van der Waals surface area contributed by atoms with Crippen molar-refractivity contribution in [2.24, 2.45) is 11.8 Å². The van der Waals surface area contributed by atoms with Crippen molar-refractivity contribution in [1.29, 1.82) is 0 Å². The van der Waals surface area contributed by atoms with Gasteiger partial charge in [0.05, 0.1) is 5.92 Å². The lowest BCUT2D eigenvalue weighted by atomic mass is 9.95. The lowest BCUT2D eigenvalue weighted by Crippen LogP contribution is -2.44. The summed E-state index contributed by atoms with van der Waals surface area (Å²) in [6, 6.07) is 0.372. The first kappa shape index (κ1) is 10.9. The maximum Gasteiger partial charge on any atom is 0.227 e. The van der Waals surface area contributed by atoms with Crippen molar-refractivity contribution in [3.63, 3.8) is 0 Å². The molecular weight excluding hydrogens is 188 g/mol. The number of piperidine rings is 1. The molecule has 1 N–H and O–H groups in total. The standard InChI is InChI=1S/C12H22N2O/c1-9-4-7-14(8-5-9)12(15)11-3-6-13-10(11)2/h9-11,13H,3-8H2,1-2H3. The molecule has 2 aliphatic rings. The molecule has 0 saturated carbocycles. The average Bonchev–Trinajstić information content (AvgIpc) is 2.65. The van der Waals surface area contributed by atoms with Crippen LogP contribution in [0.25, 0.3) is 0 Å². The molecule has 0 bridgehead atoms. The number of nitrogens with zero attached hydrogens (tertiary/aromatic N) is 1. The van der Waals surface area contributed by atoms with Crippen LogP contribution >= 0.6 is 0 Å². The van der Waals surface area contributed by atoms with Gasteiger partial charge >= 0.3 is 0 Å².